The molecule has 2 aliphatic carbocycles. The van der Waals surface area contributed by atoms with Gasteiger partial charge in [-0.05, 0) is 61.5 Å². The van der Waals surface area contributed by atoms with Gasteiger partial charge in [0.15, 0.2) is 17.3 Å². The molecule has 0 unspecified atom stereocenters. The zero-order valence-corrected chi connectivity index (χ0v) is 33.9. The highest BCUT2D eigenvalue weighted by atomic mass is 35.5. The maximum Gasteiger partial charge on any atom is 0.272 e. The lowest BCUT2D eigenvalue weighted by Crippen LogP contribution is -2.51. The van der Waals surface area contributed by atoms with Crippen LogP contribution in [0.3, 0.4) is 0 Å². The lowest BCUT2D eigenvalue weighted by atomic mass is 9.74. The number of nitrogens with zero attached hydrogens (tertiary/aromatic N) is 3. The van der Waals surface area contributed by atoms with Gasteiger partial charge in [0.25, 0.3) is 5.91 Å². The summed E-state index contributed by atoms with van der Waals surface area (Å²) in [5, 5.41) is 3.58. The van der Waals surface area contributed by atoms with Gasteiger partial charge in [-0.25, -0.2) is 4.98 Å². The summed E-state index contributed by atoms with van der Waals surface area (Å²) in [6.45, 7) is 7.61. The third kappa shape index (κ3) is 11.4. The molecule has 0 spiro atoms. The van der Waals surface area contributed by atoms with E-state index in [1.54, 1.807) is 18.2 Å². The van der Waals surface area contributed by atoms with Crippen LogP contribution in [0.2, 0.25) is 10.0 Å². The molecule has 11 nitrogen and oxygen atoms in total. The molecule has 0 radical (unpaired) electrons. The van der Waals surface area contributed by atoms with E-state index in [-0.39, 0.29) is 67.2 Å². The molecule has 1 N–H and O–H groups in total. The van der Waals surface area contributed by atoms with Gasteiger partial charge in [-0.3, -0.25) is 33.8 Å². The molecule has 5 atom stereocenters. The topological polar surface area (TPSA) is 153 Å². The van der Waals surface area contributed by atoms with Crippen LogP contribution in [0.15, 0.2) is 36.8 Å². The number of hydrogen-bond acceptors (Lipinski definition) is 9. The Balaban J connectivity index is 1.40. The Morgan fingerprint density at radius 3 is 2.31 bits per heavy atom. The zero-order chi connectivity index (χ0) is 39.9. The van der Waals surface area contributed by atoms with Gasteiger partial charge in [0.1, 0.15) is 17.5 Å². The van der Waals surface area contributed by atoms with Crippen LogP contribution >= 0.6 is 23.2 Å². The predicted molar refractivity (Wildman–Crippen MR) is 209 cm³/mol. The van der Waals surface area contributed by atoms with Crippen LogP contribution in [-0.4, -0.2) is 74.5 Å². The number of benzene rings is 1. The van der Waals surface area contributed by atoms with E-state index in [0.717, 1.165) is 44.9 Å². The number of ether oxygens (including phenoxy) is 1. The first-order valence-electron chi connectivity index (χ1n) is 19.8. The van der Waals surface area contributed by atoms with Crippen LogP contribution in [-0.2, 0) is 24.0 Å². The fraction of sp³-hybridized carbons (Fsp3) is 0.619. The number of ketones is 4. The van der Waals surface area contributed by atoms with Crippen molar-refractivity contribution in [3.63, 3.8) is 0 Å². The van der Waals surface area contributed by atoms with Crippen LogP contribution < -0.4 is 10.1 Å². The molecule has 5 rings (SSSR count). The molecule has 13 heteroatoms. The first-order valence-corrected chi connectivity index (χ1v) is 20.5. The summed E-state index contributed by atoms with van der Waals surface area (Å²) >= 11 is 12.4. The zero-order valence-electron chi connectivity index (χ0n) is 32.4. The van der Waals surface area contributed by atoms with Gasteiger partial charge in [0.2, 0.25) is 11.7 Å². The predicted octanol–water partition coefficient (Wildman–Crippen LogP) is 7.45. The quantitative estimate of drug-likeness (QED) is 0.152. The average molecular weight is 798 g/mol. The molecule has 1 aliphatic heterocycles. The molecular weight excluding hydrogens is 743 g/mol. The number of amides is 2. The van der Waals surface area contributed by atoms with Crippen molar-refractivity contribution in [2.24, 2.45) is 29.1 Å². The first-order chi connectivity index (χ1) is 26.2. The second-order valence-electron chi connectivity index (χ2n) is 16.7. The Labute approximate surface area is 334 Å². The van der Waals surface area contributed by atoms with Crippen LogP contribution in [0.25, 0.3) is 0 Å². The normalized spacial score (nSPS) is 20.7. The summed E-state index contributed by atoms with van der Waals surface area (Å²) in [6.07, 6.45) is 11.0. The van der Waals surface area contributed by atoms with Crippen molar-refractivity contribution in [3.8, 4) is 5.75 Å². The van der Waals surface area contributed by atoms with Gasteiger partial charge in [0.05, 0.1) is 34.9 Å². The first kappa shape index (κ1) is 42.4. The van der Waals surface area contributed by atoms with Crippen LogP contribution in [0, 0.1) is 29.1 Å². The van der Waals surface area contributed by atoms with E-state index in [2.05, 4.69) is 15.3 Å². The number of aromatic nitrogens is 2. The fourth-order valence-corrected chi connectivity index (χ4v) is 8.28. The molecule has 2 saturated carbocycles. The van der Waals surface area contributed by atoms with E-state index < -0.39 is 52.9 Å². The summed E-state index contributed by atoms with van der Waals surface area (Å²) in [5.74, 6) is -3.49. The molecule has 1 aromatic heterocycles. The molecule has 0 bridgehead atoms. The maximum atomic E-state index is 14.9. The number of rotatable bonds is 18. The number of halogens is 2. The molecule has 3 fully saturated rings. The average Bonchev–Trinajstić information content (AvgIpc) is 3.88. The Morgan fingerprint density at radius 1 is 0.964 bits per heavy atom. The smallest absolute Gasteiger partial charge is 0.272 e. The van der Waals surface area contributed by atoms with Gasteiger partial charge < -0.3 is 15.0 Å². The Morgan fingerprint density at radius 2 is 1.69 bits per heavy atom. The van der Waals surface area contributed by atoms with Gasteiger partial charge >= 0.3 is 0 Å². The summed E-state index contributed by atoms with van der Waals surface area (Å²) in [6, 6.07) is 3.06. The monoisotopic (exact) mass is 796 g/mol. The van der Waals surface area contributed by atoms with Crippen molar-refractivity contribution in [2.45, 2.75) is 129 Å². The standard InChI is InChI=1S/C42H54Cl2N4O7/c1-5-9-27(39(52)37(51)18-25-12-13-25)19-35(49)34-21-29(55-28-14-15-31(43)32(44)20-28)24-48(34)41(54)30(42(2,3)4)22-36(50)38(26-10-7-6-8-11-26)47-40(53)33-23-45-16-17-46-33/h14-17,20,23,25-27,29-30,34,38H,5-13,18-19,21-22,24H2,1-4H3,(H,47,53)/t27-,29-,30-,34+,38+/m1/s1. The molecular formula is C42H54Cl2N4O7. The Hall–Kier alpha value is -3.70. The number of carbonyl (C=O) groups is 6. The fourth-order valence-electron chi connectivity index (χ4n) is 7.99. The summed E-state index contributed by atoms with van der Waals surface area (Å²) in [4.78, 5) is 92.7. The van der Waals surface area contributed by atoms with Gasteiger partial charge in [-0.15, -0.1) is 0 Å². The van der Waals surface area contributed by atoms with Gasteiger partial charge in [-0.1, -0.05) is 76.6 Å². The third-order valence-corrected chi connectivity index (χ3v) is 12.1. The molecule has 2 heterocycles. The Kier molecular flexibility index (Phi) is 14.6. The van der Waals surface area contributed by atoms with Crippen molar-refractivity contribution in [1.82, 2.24) is 20.2 Å². The summed E-state index contributed by atoms with van der Waals surface area (Å²) in [5.41, 5.74) is -0.620. The minimum Gasteiger partial charge on any atom is -0.488 e. The van der Waals surface area contributed by atoms with Crippen molar-refractivity contribution in [3.05, 3.63) is 52.5 Å². The van der Waals surface area contributed by atoms with E-state index in [4.69, 9.17) is 27.9 Å². The lowest BCUT2D eigenvalue weighted by Gasteiger charge is -2.36. The molecule has 2 amide bonds. The molecule has 1 saturated heterocycles. The molecule has 2 aromatic rings. The molecule has 1 aromatic carbocycles. The van der Waals surface area contributed by atoms with Gasteiger partial charge in [0, 0.05) is 56.0 Å². The third-order valence-electron chi connectivity index (χ3n) is 11.3. The largest absolute Gasteiger partial charge is 0.488 e. The minimum atomic E-state index is -0.948. The highest BCUT2D eigenvalue weighted by molar-refractivity contribution is 6.42. The SMILES string of the molecule is CCC[C@H](CC(=O)[C@@H]1C[C@@H](Oc2ccc(Cl)c(Cl)c2)CN1C(=O)[C@@H](CC(=O)[C@@H](NC(=O)c1cnccn1)C1CCCCC1)C(C)(C)C)C(=O)C(=O)CC1CC1. The van der Waals surface area contributed by atoms with Crippen molar-refractivity contribution >= 4 is 58.1 Å². The van der Waals surface area contributed by atoms with Crippen molar-refractivity contribution in [2.75, 3.05) is 6.54 Å². The second-order valence-corrected chi connectivity index (χ2v) is 17.5. The summed E-state index contributed by atoms with van der Waals surface area (Å²) < 4.78 is 6.27. The second kappa shape index (κ2) is 19.0. The number of hydrogen-bond donors (Lipinski definition) is 1. The van der Waals surface area contributed by atoms with E-state index in [9.17, 15) is 28.8 Å². The van der Waals surface area contributed by atoms with Crippen molar-refractivity contribution < 1.29 is 33.5 Å². The van der Waals surface area contributed by atoms with Crippen LogP contribution in [0.4, 0.5) is 0 Å². The van der Waals surface area contributed by atoms with Crippen molar-refractivity contribution in [1.29, 1.82) is 0 Å². The molecule has 3 aliphatic rings. The van der Waals surface area contributed by atoms with E-state index >= 15 is 0 Å². The highest BCUT2D eigenvalue weighted by Crippen LogP contribution is 2.38. The number of likely N-dealkylation sites (tertiary alicyclic amines) is 1. The molecule has 55 heavy (non-hydrogen) atoms. The minimum absolute atomic E-state index is 0.0543. The number of nitrogens with one attached hydrogen (secondary N) is 1. The number of Topliss-reactive ketones (excluding diaryl/α,β-unsaturated/α-hetero) is 4. The van der Waals surface area contributed by atoms with Crippen LogP contribution in [0.1, 0.15) is 122 Å². The number of carbonyl (C=O) groups excluding carboxylic acids is 6. The van der Waals surface area contributed by atoms with E-state index in [1.807, 2.05) is 27.7 Å². The van der Waals surface area contributed by atoms with Crippen LogP contribution in [0.5, 0.6) is 5.75 Å². The van der Waals surface area contributed by atoms with Gasteiger partial charge in [-0.2, -0.15) is 0 Å². The van der Waals surface area contributed by atoms with E-state index in [0.29, 0.717) is 28.6 Å². The van der Waals surface area contributed by atoms with E-state index in [1.165, 1.54) is 23.5 Å². The highest BCUT2D eigenvalue weighted by Gasteiger charge is 2.47. The lowest BCUT2D eigenvalue weighted by molar-refractivity contribution is -0.147. The summed E-state index contributed by atoms with van der Waals surface area (Å²) in [7, 11) is 0. The molecule has 298 valence electrons. The maximum absolute atomic E-state index is 14.9. The Bertz CT molecular complexity index is 1720.